The van der Waals surface area contributed by atoms with Crippen LogP contribution in [0, 0.1) is 9.49 Å². The summed E-state index contributed by atoms with van der Waals surface area (Å²) in [6.07, 6.45) is 2.82. The van der Waals surface area contributed by atoms with Gasteiger partial charge in [0.1, 0.15) is 5.75 Å². The molecule has 1 unspecified atom stereocenters. The largest absolute Gasteiger partial charge is 0.507 e. The van der Waals surface area contributed by atoms with Crippen LogP contribution in [0.2, 0.25) is 0 Å². The van der Waals surface area contributed by atoms with E-state index in [1.807, 2.05) is 30.3 Å². The molecule has 120 valence electrons. The molecule has 0 saturated carbocycles. The van der Waals surface area contributed by atoms with Crippen molar-refractivity contribution in [3.05, 3.63) is 62.7 Å². The standard InChI is InChI=1S/C19H20INO2/c20-17-11-13(5-8-18(17)22)9-10-21-12-15-7-6-14-3-1-2-4-16(14)19(15)23/h1-5,8,11,15,21-22H,6-7,9-10,12H2/i20-2. The topological polar surface area (TPSA) is 49.3 Å². The number of phenolic OH excluding ortho intramolecular Hbond substituents is 1. The first kappa shape index (κ1) is 16.5. The fraction of sp³-hybridized carbons (Fsp3) is 0.316. The average molecular weight is 419 g/mol. The number of hydrogen-bond acceptors (Lipinski definition) is 3. The molecule has 0 heterocycles. The Morgan fingerprint density at radius 2 is 2.04 bits per heavy atom. The zero-order valence-electron chi connectivity index (χ0n) is 12.9. The summed E-state index contributed by atoms with van der Waals surface area (Å²) in [7, 11) is 0. The van der Waals surface area contributed by atoms with Crippen molar-refractivity contribution in [3.8, 4) is 5.75 Å². The molecule has 0 saturated heterocycles. The second-order valence-corrected chi connectivity index (χ2v) is 7.16. The van der Waals surface area contributed by atoms with Crippen LogP contribution < -0.4 is 5.32 Å². The van der Waals surface area contributed by atoms with E-state index in [1.165, 1.54) is 11.1 Å². The summed E-state index contributed by atoms with van der Waals surface area (Å²) in [4.78, 5) is 12.5. The zero-order chi connectivity index (χ0) is 16.2. The molecule has 1 atom stereocenters. The fourth-order valence-electron chi connectivity index (χ4n) is 3.07. The molecule has 1 aliphatic rings. The molecule has 4 heteroatoms. The third-order valence-electron chi connectivity index (χ3n) is 4.41. The molecule has 2 aromatic rings. The van der Waals surface area contributed by atoms with Gasteiger partial charge in [0.2, 0.25) is 0 Å². The summed E-state index contributed by atoms with van der Waals surface area (Å²) in [5.74, 6) is 0.692. The summed E-state index contributed by atoms with van der Waals surface area (Å²) in [5.41, 5.74) is 3.28. The molecule has 0 fully saturated rings. The van der Waals surface area contributed by atoms with E-state index in [1.54, 1.807) is 6.07 Å². The minimum Gasteiger partial charge on any atom is -0.507 e. The van der Waals surface area contributed by atoms with Gasteiger partial charge in [0.05, 0.1) is 3.57 Å². The van der Waals surface area contributed by atoms with Crippen molar-refractivity contribution in [3.63, 3.8) is 0 Å². The van der Waals surface area contributed by atoms with Gasteiger partial charge in [0.15, 0.2) is 5.78 Å². The van der Waals surface area contributed by atoms with E-state index in [2.05, 4.69) is 34.0 Å². The Bertz CT molecular complexity index is 714. The van der Waals surface area contributed by atoms with Crippen molar-refractivity contribution in [1.82, 2.24) is 5.32 Å². The first-order chi connectivity index (χ1) is 11.1. The van der Waals surface area contributed by atoms with Gasteiger partial charge in [-0.05, 0) is 71.7 Å². The number of ketones is 1. The van der Waals surface area contributed by atoms with Crippen molar-refractivity contribution in [1.29, 1.82) is 0 Å². The molecule has 3 nitrogen and oxygen atoms in total. The Balaban J connectivity index is 1.50. The molecule has 1 aliphatic carbocycles. The van der Waals surface area contributed by atoms with Gasteiger partial charge in [-0.25, -0.2) is 0 Å². The van der Waals surface area contributed by atoms with Gasteiger partial charge in [-0.15, -0.1) is 0 Å². The molecule has 23 heavy (non-hydrogen) atoms. The minimum atomic E-state index is 0.0878. The van der Waals surface area contributed by atoms with Crippen LogP contribution >= 0.6 is 22.6 Å². The van der Waals surface area contributed by atoms with E-state index in [4.69, 9.17) is 0 Å². The zero-order valence-corrected chi connectivity index (χ0v) is 15.0. The molecule has 3 rings (SSSR count). The third-order valence-corrected chi connectivity index (χ3v) is 5.27. The summed E-state index contributed by atoms with van der Waals surface area (Å²) >= 11 is 2.13. The molecule has 0 amide bonds. The fourth-order valence-corrected chi connectivity index (χ4v) is 3.65. The number of fused-ring (bicyclic) bond motifs is 1. The molecule has 2 N–H and O–H groups in total. The number of nitrogens with one attached hydrogen (secondary N) is 1. The van der Waals surface area contributed by atoms with E-state index in [0.717, 1.165) is 41.5 Å². The van der Waals surface area contributed by atoms with Gasteiger partial charge in [0.25, 0.3) is 0 Å². The molecule has 0 radical (unpaired) electrons. The number of benzene rings is 2. The predicted octanol–water partition coefficient (Wildman–Crippen LogP) is 3.57. The van der Waals surface area contributed by atoms with E-state index in [0.29, 0.717) is 5.75 Å². The molecule has 2 aromatic carbocycles. The number of hydrogen-bond donors (Lipinski definition) is 2. The highest BCUT2D eigenvalue weighted by Crippen LogP contribution is 2.25. The normalized spacial score (nSPS) is 17.1. The predicted molar refractivity (Wildman–Crippen MR) is 100.0 cm³/mol. The maximum atomic E-state index is 12.5. The first-order valence-corrected chi connectivity index (χ1v) is 9.03. The van der Waals surface area contributed by atoms with Crippen LogP contribution in [0.4, 0.5) is 0 Å². The maximum absolute atomic E-state index is 12.5. The van der Waals surface area contributed by atoms with Gasteiger partial charge in [-0.1, -0.05) is 30.3 Å². The van der Waals surface area contributed by atoms with E-state index >= 15 is 0 Å². The highest BCUT2D eigenvalue weighted by atomic mass is 125. The van der Waals surface area contributed by atoms with E-state index in [9.17, 15) is 9.90 Å². The summed E-state index contributed by atoms with van der Waals surface area (Å²) in [5, 5.41) is 12.9. The lowest BCUT2D eigenvalue weighted by Crippen LogP contribution is -2.33. The van der Waals surface area contributed by atoms with Crippen molar-refractivity contribution >= 4 is 28.4 Å². The van der Waals surface area contributed by atoms with Gasteiger partial charge < -0.3 is 10.4 Å². The number of halogens is 1. The lowest BCUT2D eigenvalue weighted by Gasteiger charge is -2.23. The van der Waals surface area contributed by atoms with Crippen molar-refractivity contribution in [2.75, 3.05) is 13.1 Å². The smallest absolute Gasteiger partial charge is 0.167 e. The number of carbonyl (C=O) groups is 1. The second kappa shape index (κ2) is 7.45. The Hall–Kier alpha value is -1.40. The Morgan fingerprint density at radius 3 is 2.87 bits per heavy atom. The van der Waals surface area contributed by atoms with Crippen molar-refractivity contribution in [2.45, 2.75) is 19.3 Å². The number of carbonyl (C=O) groups excluding carboxylic acids is 1. The minimum absolute atomic E-state index is 0.0878. The second-order valence-electron chi connectivity index (χ2n) is 6.00. The number of aryl methyl sites for hydroxylation is 1. The highest BCUT2D eigenvalue weighted by molar-refractivity contribution is 14.1. The third kappa shape index (κ3) is 3.93. The van der Waals surface area contributed by atoms with Gasteiger partial charge in [-0.3, -0.25) is 4.79 Å². The maximum Gasteiger partial charge on any atom is 0.167 e. The van der Waals surface area contributed by atoms with E-state index in [-0.39, 0.29) is 11.7 Å². The molecular formula is C19H20INO2. The number of phenols is 1. The first-order valence-electron chi connectivity index (χ1n) is 7.95. The van der Waals surface area contributed by atoms with E-state index < -0.39 is 0 Å². The molecule has 0 spiro atoms. The van der Waals surface area contributed by atoms with Crippen LogP contribution in [0.1, 0.15) is 27.9 Å². The van der Waals surface area contributed by atoms with Crippen molar-refractivity contribution < 1.29 is 9.90 Å². The van der Waals surface area contributed by atoms with Crippen LogP contribution in [0.25, 0.3) is 0 Å². The SMILES string of the molecule is O=C1c2ccccc2CCC1CNCCc1ccc(O)c([125I])c1. The van der Waals surface area contributed by atoms with Gasteiger partial charge in [0, 0.05) is 18.0 Å². The highest BCUT2D eigenvalue weighted by Gasteiger charge is 2.26. The molecule has 0 aromatic heterocycles. The Kier molecular flexibility index (Phi) is 5.33. The quantitative estimate of drug-likeness (QED) is 0.576. The molecule has 0 aliphatic heterocycles. The van der Waals surface area contributed by atoms with Crippen molar-refractivity contribution in [2.24, 2.45) is 5.92 Å². The van der Waals surface area contributed by atoms with Gasteiger partial charge in [-0.2, -0.15) is 0 Å². The summed E-state index contributed by atoms with van der Waals surface area (Å²) < 4.78 is 0.874. The van der Waals surface area contributed by atoms with Gasteiger partial charge >= 0.3 is 0 Å². The van der Waals surface area contributed by atoms with Crippen LogP contribution in [-0.2, 0) is 12.8 Å². The lowest BCUT2D eigenvalue weighted by molar-refractivity contribution is 0.0901. The number of Topliss-reactive ketones (excluding diaryl/α,β-unsaturated/α-hetero) is 1. The summed E-state index contributed by atoms with van der Waals surface area (Å²) in [6.45, 7) is 1.58. The average Bonchev–Trinajstić information content (AvgIpc) is 2.57. The Labute approximate surface area is 150 Å². The molecular weight excluding hydrogens is 399 g/mol. The Morgan fingerprint density at radius 1 is 1.22 bits per heavy atom. The van der Waals surface area contributed by atoms with Crippen LogP contribution in [0.15, 0.2) is 42.5 Å². The van der Waals surface area contributed by atoms with Crippen LogP contribution in [0.5, 0.6) is 5.75 Å². The molecule has 0 bridgehead atoms. The summed E-state index contributed by atoms with van der Waals surface area (Å²) in [6, 6.07) is 13.6. The number of rotatable bonds is 5. The lowest BCUT2D eigenvalue weighted by atomic mass is 9.83. The number of aromatic hydroxyl groups is 1. The monoisotopic (exact) mass is 419 g/mol. The van der Waals surface area contributed by atoms with Crippen LogP contribution in [-0.4, -0.2) is 24.0 Å². The van der Waals surface area contributed by atoms with Crippen LogP contribution in [0.3, 0.4) is 0 Å².